The lowest BCUT2D eigenvalue weighted by Gasteiger charge is -2.34. The van der Waals surface area contributed by atoms with Gasteiger partial charge in [-0.2, -0.15) is 13.2 Å². The van der Waals surface area contributed by atoms with Crippen LogP contribution < -0.4 is 4.90 Å². The Morgan fingerprint density at radius 2 is 1.85 bits per heavy atom. The molecule has 0 saturated carbocycles. The fraction of sp³-hybridized carbons (Fsp3) is 0.500. The Morgan fingerprint density at radius 1 is 1.15 bits per heavy atom. The first kappa shape index (κ1) is 18.2. The summed E-state index contributed by atoms with van der Waals surface area (Å²) >= 11 is 0. The van der Waals surface area contributed by atoms with E-state index in [2.05, 4.69) is 15.2 Å². The highest BCUT2D eigenvalue weighted by Gasteiger charge is 2.31. The molecule has 1 aliphatic rings. The van der Waals surface area contributed by atoms with Gasteiger partial charge >= 0.3 is 12.2 Å². The molecule has 3 heterocycles. The molecule has 0 spiro atoms. The van der Waals surface area contributed by atoms with Gasteiger partial charge in [-0.3, -0.25) is 9.78 Å². The Balaban J connectivity index is 1.66. The topological polar surface area (TPSA) is 75.4 Å². The number of alkyl halides is 3. The van der Waals surface area contributed by atoms with Crippen LogP contribution >= 0.6 is 0 Å². The van der Waals surface area contributed by atoms with Crippen molar-refractivity contribution < 1.29 is 22.4 Å². The van der Waals surface area contributed by atoms with E-state index in [1.807, 2.05) is 18.7 Å². The molecule has 7 nitrogen and oxygen atoms in total. The van der Waals surface area contributed by atoms with Gasteiger partial charge in [0.25, 0.3) is 5.89 Å². The van der Waals surface area contributed by atoms with Gasteiger partial charge in [0.05, 0.1) is 5.56 Å². The third kappa shape index (κ3) is 3.78. The van der Waals surface area contributed by atoms with Crippen molar-refractivity contribution >= 4 is 11.9 Å². The van der Waals surface area contributed by atoms with Gasteiger partial charge in [-0.1, -0.05) is 18.9 Å². The van der Waals surface area contributed by atoms with Crippen LogP contribution in [-0.2, 0) is 11.0 Å². The monoisotopic (exact) mass is 369 g/mol. The van der Waals surface area contributed by atoms with Gasteiger partial charge in [-0.25, -0.2) is 0 Å². The Labute approximate surface area is 147 Å². The number of hydrogen-bond acceptors (Lipinski definition) is 6. The van der Waals surface area contributed by atoms with Crippen LogP contribution in [0.2, 0.25) is 0 Å². The number of piperazine rings is 1. The molecule has 0 aliphatic carbocycles. The molecule has 1 saturated heterocycles. The lowest BCUT2D eigenvalue weighted by atomic mass is 10.1. The number of halogens is 3. The van der Waals surface area contributed by atoms with E-state index >= 15 is 0 Å². The molecule has 0 N–H and O–H groups in total. The number of pyridine rings is 1. The minimum Gasteiger partial charge on any atom is -0.402 e. The van der Waals surface area contributed by atoms with Crippen molar-refractivity contribution in [2.45, 2.75) is 20.0 Å². The van der Waals surface area contributed by atoms with Crippen molar-refractivity contribution in [3.05, 3.63) is 23.9 Å². The van der Waals surface area contributed by atoms with E-state index in [0.717, 1.165) is 12.3 Å². The van der Waals surface area contributed by atoms with Crippen LogP contribution in [0.3, 0.4) is 0 Å². The zero-order valence-corrected chi connectivity index (χ0v) is 14.3. The maximum Gasteiger partial charge on any atom is 0.417 e. The largest absolute Gasteiger partial charge is 0.417 e. The highest BCUT2D eigenvalue weighted by Crippen LogP contribution is 2.30. The maximum absolute atomic E-state index is 12.6. The van der Waals surface area contributed by atoms with E-state index in [9.17, 15) is 18.0 Å². The van der Waals surface area contributed by atoms with E-state index in [-0.39, 0.29) is 29.4 Å². The van der Waals surface area contributed by atoms with Crippen molar-refractivity contribution in [2.75, 3.05) is 31.1 Å². The highest BCUT2D eigenvalue weighted by molar-refractivity contribution is 5.78. The number of aromatic nitrogens is 3. The molecule has 3 rings (SSSR count). The molecule has 1 aliphatic heterocycles. The normalized spacial score (nSPS) is 15.6. The first-order valence-electron chi connectivity index (χ1n) is 8.16. The second-order valence-electron chi connectivity index (χ2n) is 6.29. The Kier molecular flexibility index (Phi) is 4.84. The number of nitrogens with zero attached hydrogens (tertiary/aromatic N) is 5. The number of carbonyl (C=O) groups is 1. The van der Waals surface area contributed by atoms with Crippen molar-refractivity contribution in [2.24, 2.45) is 5.92 Å². The molecule has 0 unspecified atom stereocenters. The molecule has 1 fully saturated rings. The van der Waals surface area contributed by atoms with Crippen LogP contribution in [-0.4, -0.2) is 52.2 Å². The average molecular weight is 369 g/mol. The molecule has 0 aromatic carbocycles. The minimum atomic E-state index is -4.45. The van der Waals surface area contributed by atoms with Crippen LogP contribution in [0.4, 0.5) is 19.2 Å². The van der Waals surface area contributed by atoms with E-state index in [1.165, 1.54) is 6.07 Å². The van der Waals surface area contributed by atoms with Crippen molar-refractivity contribution in [1.82, 2.24) is 20.1 Å². The molecule has 140 valence electrons. The second-order valence-corrected chi connectivity index (χ2v) is 6.29. The first-order chi connectivity index (χ1) is 12.3. The molecule has 0 bridgehead atoms. The van der Waals surface area contributed by atoms with Crippen LogP contribution in [0.1, 0.15) is 19.4 Å². The molecule has 26 heavy (non-hydrogen) atoms. The van der Waals surface area contributed by atoms with E-state index in [4.69, 9.17) is 4.42 Å². The van der Waals surface area contributed by atoms with Gasteiger partial charge in [-0.15, -0.1) is 5.10 Å². The molecule has 2 aromatic rings. The molecule has 0 atom stereocenters. The van der Waals surface area contributed by atoms with Gasteiger partial charge in [-0.05, 0) is 12.1 Å². The first-order valence-corrected chi connectivity index (χ1v) is 8.16. The summed E-state index contributed by atoms with van der Waals surface area (Å²) in [7, 11) is 0. The predicted octanol–water partition coefficient (Wildman–Crippen LogP) is 2.46. The lowest BCUT2D eigenvalue weighted by Crippen LogP contribution is -2.50. The van der Waals surface area contributed by atoms with Crippen molar-refractivity contribution in [1.29, 1.82) is 0 Å². The van der Waals surface area contributed by atoms with Gasteiger partial charge in [0.1, 0.15) is 5.69 Å². The summed E-state index contributed by atoms with van der Waals surface area (Å²) in [5, 5.41) is 7.79. The number of hydrogen-bond donors (Lipinski definition) is 0. The summed E-state index contributed by atoms with van der Waals surface area (Å²) in [6.07, 6.45) is -3.71. The van der Waals surface area contributed by atoms with Crippen molar-refractivity contribution in [3.8, 4) is 11.6 Å². The lowest BCUT2D eigenvalue weighted by molar-refractivity contribution is -0.138. The Morgan fingerprint density at radius 3 is 2.38 bits per heavy atom. The summed E-state index contributed by atoms with van der Waals surface area (Å²) in [4.78, 5) is 19.4. The van der Waals surface area contributed by atoms with E-state index < -0.39 is 11.7 Å². The smallest absolute Gasteiger partial charge is 0.402 e. The zero-order valence-electron chi connectivity index (χ0n) is 14.3. The SMILES string of the molecule is CC(C)C(=O)N1CCN(c2nnc(-c3ccc(C(F)(F)F)cn3)o2)CC1. The van der Waals surface area contributed by atoms with Gasteiger partial charge < -0.3 is 14.2 Å². The summed E-state index contributed by atoms with van der Waals surface area (Å²) < 4.78 is 43.3. The number of rotatable bonds is 3. The average Bonchev–Trinajstić information content (AvgIpc) is 3.10. The summed E-state index contributed by atoms with van der Waals surface area (Å²) in [5.41, 5.74) is -0.669. The van der Waals surface area contributed by atoms with Gasteiger partial charge in [0.15, 0.2) is 0 Å². The van der Waals surface area contributed by atoms with Crippen LogP contribution in [0.5, 0.6) is 0 Å². The second kappa shape index (κ2) is 6.93. The Bertz CT molecular complexity index is 765. The predicted molar refractivity (Wildman–Crippen MR) is 86.2 cm³/mol. The number of carbonyl (C=O) groups excluding carboxylic acids is 1. The molecule has 0 radical (unpaired) electrons. The Hall–Kier alpha value is -2.65. The fourth-order valence-corrected chi connectivity index (χ4v) is 2.62. The standard InChI is InChI=1S/C16H18F3N5O2/c1-10(2)14(25)23-5-7-24(8-6-23)15-22-21-13(26-15)12-4-3-11(9-20-12)16(17,18)19/h3-4,9-10H,5-8H2,1-2H3. The molecule has 2 aromatic heterocycles. The fourth-order valence-electron chi connectivity index (χ4n) is 2.62. The summed E-state index contributed by atoms with van der Waals surface area (Å²) in [6, 6.07) is 2.38. The quantitative estimate of drug-likeness (QED) is 0.827. The van der Waals surface area contributed by atoms with Crippen molar-refractivity contribution in [3.63, 3.8) is 0 Å². The molecular formula is C16H18F3N5O2. The summed E-state index contributed by atoms with van der Waals surface area (Å²) in [6.45, 7) is 5.90. The van der Waals surface area contributed by atoms with E-state index in [0.29, 0.717) is 26.2 Å². The van der Waals surface area contributed by atoms with Crippen LogP contribution in [0.25, 0.3) is 11.6 Å². The third-order valence-electron chi connectivity index (χ3n) is 4.08. The van der Waals surface area contributed by atoms with Gasteiger partial charge in [0, 0.05) is 38.3 Å². The van der Waals surface area contributed by atoms with Crippen LogP contribution in [0.15, 0.2) is 22.7 Å². The molecule has 1 amide bonds. The van der Waals surface area contributed by atoms with Crippen LogP contribution in [0, 0.1) is 5.92 Å². The molecular weight excluding hydrogens is 351 g/mol. The minimum absolute atomic E-state index is 0.0504. The van der Waals surface area contributed by atoms with E-state index in [1.54, 1.807) is 4.90 Å². The zero-order chi connectivity index (χ0) is 18.9. The number of anilines is 1. The number of amides is 1. The summed E-state index contributed by atoms with van der Waals surface area (Å²) in [5.74, 6) is 0.0986. The molecule has 10 heteroatoms. The highest BCUT2D eigenvalue weighted by atomic mass is 19.4. The maximum atomic E-state index is 12.6. The van der Waals surface area contributed by atoms with Gasteiger partial charge in [0.2, 0.25) is 5.91 Å². The third-order valence-corrected chi connectivity index (χ3v) is 4.08.